The molecule has 0 amide bonds. The van der Waals surface area contributed by atoms with E-state index in [4.69, 9.17) is 4.74 Å². The summed E-state index contributed by atoms with van der Waals surface area (Å²) in [7, 11) is 0. The van der Waals surface area contributed by atoms with E-state index in [2.05, 4.69) is 36.9 Å². The Morgan fingerprint density at radius 3 is 2.76 bits per heavy atom. The fraction of sp³-hybridized carbons (Fsp3) is 0.611. The molecule has 1 aliphatic carbocycles. The van der Waals surface area contributed by atoms with Crippen molar-refractivity contribution in [3.8, 4) is 0 Å². The van der Waals surface area contributed by atoms with Crippen molar-refractivity contribution < 1.29 is 9.53 Å². The second-order valence-electron chi connectivity index (χ2n) is 6.16. The molecule has 0 unspecified atom stereocenters. The van der Waals surface area contributed by atoms with Gasteiger partial charge >= 0.3 is 5.97 Å². The smallest absolute Gasteiger partial charge is 0.307 e. The maximum Gasteiger partial charge on any atom is 0.307 e. The lowest BCUT2D eigenvalue weighted by Crippen LogP contribution is -2.29. The minimum absolute atomic E-state index is 0.0840. The zero-order valence-corrected chi connectivity index (χ0v) is 13.5. The third-order valence-corrected chi connectivity index (χ3v) is 4.05. The third-order valence-electron chi connectivity index (χ3n) is 4.05. The highest BCUT2D eigenvalue weighted by Gasteiger charge is 2.24. The molecule has 0 saturated heterocycles. The summed E-state index contributed by atoms with van der Waals surface area (Å²) in [5.41, 5.74) is 4.00. The van der Waals surface area contributed by atoms with Crippen molar-refractivity contribution in [3.63, 3.8) is 0 Å². The average Bonchev–Trinajstić information content (AvgIpc) is 3.24. The van der Waals surface area contributed by atoms with Gasteiger partial charge in [-0.3, -0.25) is 9.69 Å². The predicted octanol–water partition coefficient (Wildman–Crippen LogP) is 3.47. The quantitative estimate of drug-likeness (QED) is 0.686. The van der Waals surface area contributed by atoms with Gasteiger partial charge in [-0.25, -0.2) is 0 Å². The summed E-state index contributed by atoms with van der Waals surface area (Å²) in [6.45, 7) is 9.45. The van der Waals surface area contributed by atoms with Gasteiger partial charge in [0.2, 0.25) is 0 Å². The van der Waals surface area contributed by atoms with Crippen LogP contribution < -0.4 is 0 Å². The summed E-state index contributed by atoms with van der Waals surface area (Å²) in [4.78, 5) is 14.0. The van der Waals surface area contributed by atoms with Crippen LogP contribution in [-0.4, -0.2) is 30.6 Å². The number of benzene rings is 1. The summed E-state index contributed by atoms with van der Waals surface area (Å²) in [6, 6.07) is 6.60. The van der Waals surface area contributed by atoms with Crippen LogP contribution in [0.25, 0.3) is 0 Å². The maximum atomic E-state index is 11.6. The summed E-state index contributed by atoms with van der Waals surface area (Å²) in [5, 5.41) is 0. The first kappa shape index (κ1) is 16.0. The first-order valence-electron chi connectivity index (χ1n) is 8.02. The molecule has 116 valence electrons. The largest absolute Gasteiger partial charge is 0.466 e. The van der Waals surface area contributed by atoms with Crippen molar-refractivity contribution in [2.75, 3.05) is 19.7 Å². The Hall–Kier alpha value is -1.35. The van der Waals surface area contributed by atoms with Crippen LogP contribution in [0.5, 0.6) is 0 Å². The summed E-state index contributed by atoms with van der Waals surface area (Å²) in [6.07, 6.45) is 3.16. The number of hydrogen-bond donors (Lipinski definition) is 0. The number of nitrogens with zero attached hydrogens (tertiary/aromatic N) is 1. The molecule has 0 bridgehead atoms. The van der Waals surface area contributed by atoms with E-state index in [1.54, 1.807) is 0 Å². The van der Waals surface area contributed by atoms with Crippen LogP contribution in [-0.2, 0) is 16.1 Å². The summed E-state index contributed by atoms with van der Waals surface area (Å²) in [5.74, 6) is 0.747. The molecule has 0 heterocycles. The van der Waals surface area contributed by atoms with Crippen LogP contribution in [0, 0.1) is 19.8 Å². The normalized spacial score (nSPS) is 14.5. The van der Waals surface area contributed by atoms with Crippen molar-refractivity contribution in [3.05, 3.63) is 34.9 Å². The van der Waals surface area contributed by atoms with Gasteiger partial charge in [0, 0.05) is 19.6 Å². The van der Waals surface area contributed by atoms with Gasteiger partial charge in [0.15, 0.2) is 0 Å². The number of rotatable bonds is 8. The second-order valence-corrected chi connectivity index (χ2v) is 6.16. The fourth-order valence-corrected chi connectivity index (χ4v) is 2.59. The van der Waals surface area contributed by atoms with Crippen LogP contribution in [0.2, 0.25) is 0 Å². The Morgan fingerprint density at radius 2 is 2.10 bits per heavy atom. The second kappa shape index (κ2) is 7.60. The van der Waals surface area contributed by atoms with Crippen molar-refractivity contribution in [2.24, 2.45) is 5.92 Å². The molecule has 2 rings (SSSR count). The average molecular weight is 289 g/mol. The zero-order chi connectivity index (χ0) is 15.2. The lowest BCUT2D eigenvalue weighted by Gasteiger charge is -2.23. The minimum atomic E-state index is -0.0840. The van der Waals surface area contributed by atoms with E-state index in [-0.39, 0.29) is 5.97 Å². The number of carbonyl (C=O) groups excluding carboxylic acids is 1. The molecule has 0 N–H and O–H groups in total. The van der Waals surface area contributed by atoms with Gasteiger partial charge < -0.3 is 4.74 Å². The van der Waals surface area contributed by atoms with Gasteiger partial charge in [-0.15, -0.1) is 0 Å². The topological polar surface area (TPSA) is 29.5 Å². The van der Waals surface area contributed by atoms with Crippen molar-refractivity contribution >= 4 is 5.97 Å². The van der Waals surface area contributed by atoms with Crippen molar-refractivity contribution in [1.29, 1.82) is 0 Å². The molecule has 0 aliphatic heterocycles. The van der Waals surface area contributed by atoms with Crippen LogP contribution >= 0.6 is 0 Å². The predicted molar refractivity (Wildman–Crippen MR) is 85.2 cm³/mol. The lowest BCUT2D eigenvalue weighted by molar-refractivity contribution is -0.143. The van der Waals surface area contributed by atoms with E-state index in [1.807, 2.05) is 6.92 Å². The molecule has 0 radical (unpaired) electrons. The first-order chi connectivity index (χ1) is 10.1. The van der Waals surface area contributed by atoms with E-state index in [9.17, 15) is 4.79 Å². The maximum absolute atomic E-state index is 11.6. The molecule has 1 aromatic rings. The highest BCUT2D eigenvalue weighted by Crippen LogP contribution is 2.30. The van der Waals surface area contributed by atoms with Crippen LogP contribution in [0.1, 0.15) is 42.9 Å². The molecule has 0 spiro atoms. The number of aryl methyl sites for hydroxylation is 2. The minimum Gasteiger partial charge on any atom is -0.466 e. The Morgan fingerprint density at radius 1 is 1.33 bits per heavy atom. The van der Waals surface area contributed by atoms with Crippen LogP contribution in [0.4, 0.5) is 0 Å². The van der Waals surface area contributed by atoms with Crippen LogP contribution in [0.3, 0.4) is 0 Å². The summed E-state index contributed by atoms with van der Waals surface area (Å²) >= 11 is 0. The Kier molecular flexibility index (Phi) is 5.80. The van der Waals surface area contributed by atoms with Crippen LogP contribution in [0.15, 0.2) is 18.2 Å². The van der Waals surface area contributed by atoms with E-state index < -0.39 is 0 Å². The SMILES string of the molecule is CCOC(=O)CCN(Cc1cc(C)ccc1C)CC1CC1. The Balaban J connectivity index is 1.94. The molecule has 21 heavy (non-hydrogen) atoms. The van der Waals surface area contributed by atoms with Gasteiger partial charge in [-0.05, 0) is 50.7 Å². The number of esters is 1. The molecule has 3 heteroatoms. The standard InChI is InChI=1S/C18H27NO2/c1-4-21-18(20)9-10-19(12-16-7-8-16)13-17-11-14(2)5-6-15(17)3/h5-6,11,16H,4,7-10,12-13H2,1-3H3. The zero-order valence-electron chi connectivity index (χ0n) is 13.5. The van der Waals surface area contributed by atoms with E-state index in [0.29, 0.717) is 13.0 Å². The highest BCUT2D eigenvalue weighted by molar-refractivity contribution is 5.69. The van der Waals surface area contributed by atoms with E-state index in [1.165, 1.54) is 29.5 Å². The van der Waals surface area contributed by atoms with Gasteiger partial charge in [-0.1, -0.05) is 23.8 Å². The molecule has 1 saturated carbocycles. The van der Waals surface area contributed by atoms with E-state index in [0.717, 1.165) is 25.6 Å². The summed E-state index contributed by atoms with van der Waals surface area (Å²) < 4.78 is 5.04. The van der Waals surface area contributed by atoms with E-state index >= 15 is 0 Å². The molecule has 0 atom stereocenters. The fourth-order valence-electron chi connectivity index (χ4n) is 2.59. The van der Waals surface area contributed by atoms with Gasteiger partial charge in [-0.2, -0.15) is 0 Å². The number of hydrogen-bond acceptors (Lipinski definition) is 3. The van der Waals surface area contributed by atoms with Gasteiger partial charge in [0.05, 0.1) is 13.0 Å². The molecule has 1 aromatic carbocycles. The molecule has 1 fully saturated rings. The number of carbonyl (C=O) groups is 1. The molecule has 1 aliphatic rings. The van der Waals surface area contributed by atoms with Crippen molar-refractivity contribution in [2.45, 2.75) is 46.6 Å². The number of ether oxygens (including phenoxy) is 1. The monoisotopic (exact) mass is 289 g/mol. The molecular weight excluding hydrogens is 262 g/mol. The third kappa shape index (κ3) is 5.50. The van der Waals surface area contributed by atoms with Gasteiger partial charge in [0.25, 0.3) is 0 Å². The Labute approximate surface area is 128 Å². The molecular formula is C18H27NO2. The van der Waals surface area contributed by atoms with Crippen molar-refractivity contribution in [1.82, 2.24) is 4.90 Å². The molecule has 0 aromatic heterocycles. The first-order valence-corrected chi connectivity index (χ1v) is 8.02. The lowest BCUT2D eigenvalue weighted by atomic mass is 10.0. The Bertz CT molecular complexity index is 480. The van der Waals surface area contributed by atoms with Gasteiger partial charge in [0.1, 0.15) is 0 Å². The molecule has 3 nitrogen and oxygen atoms in total. The highest BCUT2D eigenvalue weighted by atomic mass is 16.5.